The number of rotatable bonds is 6. The highest BCUT2D eigenvalue weighted by molar-refractivity contribution is 5.87. The van der Waals surface area contributed by atoms with Crippen molar-refractivity contribution in [3.8, 4) is 5.75 Å². The van der Waals surface area contributed by atoms with Crippen LogP contribution in [0.1, 0.15) is 33.3 Å². The van der Waals surface area contributed by atoms with E-state index >= 15 is 0 Å². The first-order chi connectivity index (χ1) is 10.2. The molecule has 5 heteroatoms. The Hall–Kier alpha value is -2.04. The molecule has 0 aliphatic rings. The molecule has 0 bridgehead atoms. The standard InChI is InChI=1S/C17H26N2O3/c1-6-22-14-9-7-13(8-10-14)12-19(5)15(20)11-18-16(21)17(2,3)4/h7-10H,6,11-12H2,1-5H3,(H,18,21). The highest BCUT2D eigenvalue weighted by atomic mass is 16.5. The number of hydrogen-bond donors (Lipinski definition) is 1. The van der Waals surface area contributed by atoms with Gasteiger partial charge in [-0.1, -0.05) is 32.9 Å². The molecule has 2 amide bonds. The highest BCUT2D eigenvalue weighted by Crippen LogP contribution is 2.14. The second kappa shape index (κ2) is 7.82. The zero-order valence-electron chi connectivity index (χ0n) is 14.1. The molecule has 22 heavy (non-hydrogen) atoms. The maximum absolute atomic E-state index is 12.0. The van der Waals surface area contributed by atoms with Gasteiger partial charge in [-0.15, -0.1) is 0 Å². The van der Waals surface area contributed by atoms with Gasteiger partial charge in [0.25, 0.3) is 0 Å². The quantitative estimate of drug-likeness (QED) is 0.876. The number of benzene rings is 1. The summed E-state index contributed by atoms with van der Waals surface area (Å²) in [5, 5.41) is 2.66. The summed E-state index contributed by atoms with van der Waals surface area (Å²) in [4.78, 5) is 25.4. The third kappa shape index (κ3) is 5.76. The van der Waals surface area contributed by atoms with E-state index in [1.165, 1.54) is 0 Å². The predicted octanol–water partition coefficient (Wildman–Crippen LogP) is 2.21. The minimum Gasteiger partial charge on any atom is -0.494 e. The fourth-order valence-electron chi connectivity index (χ4n) is 1.78. The van der Waals surface area contributed by atoms with Crippen LogP contribution < -0.4 is 10.1 Å². The van der Waals surface area contributed by atoms with Gasteiger partial charge in [0.05, 0.1) is 13.2 Å². The van der Waals surface area contributed by atoms with Gasteiger partial charge in [0.15, 0.2) is 0 Å². The molecule has 1 rings (SSSR count). The summed E-state index contributed by atoms with van der Waals surface area (Å²) in [7, 11) is 1.72. The van der Waals surface area contributed by atoms with Crippen molar-refractivity contribution >= 4 is 11.8 Å². The number of carbonyl (C=O) groups excluding carboxylic acids is 2. The zero-order chi connectivity index (χ0) is 16.8. The molecule has 0 aliphatic carbocycles. The molecule has 0 unspecified atom stereocenters. The van der Waals surface area contributed by atoms with Crippen LogP contribution in [0.5, 0.6) is 5.75 Å². The molecule has 1 aromatic rings. The summed E-state index contributed by atoms with van der Waals surface area (Å²) in [6, 6.07) is 7.64. The molecule has 122 valence electrons. The van der Waals surface area contributed by atoms with Crippen molar-refractivity contribution in [2.75, 3.05) is 20.2 Å². The summed E-state index contributed by atoms with van der Waals surface area (Å²) in [5.74, 6) is 0.569. The second-order valence-corrected chi connectivity index (χ2v) is 6.26. The topological polar surface area (TPSA) is 58.6 Å². The summed E-state index contributed by atoms with van der Waals surface area (Å²) in [6.07, 6.45) is 0. The number of nitrogens with one attached hydrogen (secondary N) is 1. The highest BCUT2D eigenvalue weighted by Gasteiger charge is 2.22. The van der Waals surface area contributed by atoms with Crippen molar-refractivity contribution in [2.45, 2.75) is 34.2 Å². The Bertz CT molecular complexity index is 504. The maximum Gasteiger partial charge on any atom is 0.242 e. The van der Waals surface area contributed by atoms with Crippen LogP contribution in [-0.2, 0) is 16.1 Å². The average Bonchev–Trinajstić information content (AvgIpc) is 2.45. The van der Waals surface area contributed by atoms with Crippen LogP contribution in [0.2, 0.25) is 0 Å². The monoisotopic (exact) mass is 306 g/mol. The third-order valence-electron chi connectivity index (χ3n) is 3.16. The molecule has 1 aromatic carbocycles. The van der Waals surface area contributed by atoms with Crippen LogP contribution in [0.25, 0.3) is 0 Å². The van der Waals surface area contributed by atoms with E-state index in [0.717, 1.165) is 11.3 Å². The van der Waals surface area contributed by atoms with Crippen molar-refractivity contribution in [3.05, 3.63) is 29.8 Å². The number of nitrogens with zero attached hydrogens (tertiary/aromatic N) is 1. The van der Waals surface area contributed by atoms with Gasteiger partial charge in [-0.3, -0.25) is 9.59 Å². The van der Waals surface area contributed by atoms with Crippen LogP contribution in [-0.4, -0.2) is 36.9 Å². The lowest BCUT2D eigenvalue weighted by atomic mass is 9.96. The molecule has 0 atom stereocenters. The summed E-state index contributed by atoms with van der Waals surface area (Å²) in [5.41, 5.74) is 0.523. The van der Waals surface area contributed by atoms with Crippen molar-refractivity contribution in [1.29, 1.82) is 0 Å². The molecular formula is C17H26N2O3. The third-order valence-corrected chi connectivity index (χ3v) is 3.16. The van der Waals surface area contributed by atoms with Crippen molar-refractivity contribution in [2.24, 2.45) is 5.41 Å². The fraction of sp³-hybridized carbons (Fsp3) is 0.529. The van der Waals surface area contributed by atoms with Gasteiger partial charge in [0.2, 0.25) is 11.8 Å². The van der Waals surface area contributed by atoms with Gasteiger partial charge in [-0.2, -0.15) is 0 Å². The molecule has 5 nitrogen and oxygen atoms in total. The molecule has 0 aromatic heterocycles. The molecule has 0 heterocycles. The van der Waals surface area contributed by atoms with E-state index in [2.05, 4.69) is 5.32 Å². The SMILES string of the molecule is CCOc1ccc(CN(C)C(=O)CNC(=O)C(C)(C)C)cc1. The molecular weight excluding hydrogens is 280 g/mol. The van der Waals surface area contributed by atoms with Crippen molar-refractivity contribution in [1.82, 2.24) is 10.2 Å². The van der Waals surface area contributed by atoms with E-state index < -0.39 is 5.41 Å². The normalized spacial score (nSPS) is 11.0. The number of likely N-dealkylation sites (N-methyl/N-ethyl adjacent to an activating group) is 1. The second-order valence-electron chi connectivity index (χ2n) is 6.26. The maximum atomic E-state index is 12.0. The van der Waals surface area contributed by atoms with E-state index in [0.29, 0.717) is 13.2 Å². The van der Waals surface area contributed by atoms with E-state index in [1.54, 1.807) is 11.9 Å². The van der Waals surface area contributed by atoms with E-state index in [-0.39, 0.29) is 18.4 Å². The van der Waals surface area contributed by atoms with Crippen LogP contribution in [0, 0.1) is 5.41 Å². The van der Waals surface area contributed by atoms with E-state index in [1.807, 2.05) is 52.0 Å². The molecule has 0 saturated heterocycles. The van der Waals surface area contributed by atoms with Crippen LogP contribution in [0.4, 0.5) is 0 Å². The first kappa shape index (κ1) is 18.0. The lowest BCUT2D eigenvalue weighted by Gasteiger charge is -2.21. The lowest BCUT2D eigenvalue weighted by Crippen LogP contribution is -2.42. The first-order valence-corrected chi connectivity index (χ1v) is 7.48. The molecule has 0 radical (unpaired) electrons. The molecule has 0 fully saturated rings. The smallest absolute Gasteiger partial charge is 0.242 e. The molecule has 1 N–H and O–H groups in total. The minimum absolute atomic E-state index is 0.0175. The molecule has 0 spiro atoms. The summed E-state index contributed by atoms with van der Waals surface area (Å²) < 4.78 is 5.38. The Morgan fingerprint density at radius 1 is 1.18 bits per heavy atom. The van der Waals surface area contributed by atoms with Crippen LogP contribution in [0.3, 0.4) is 0 Å². The van der Waals surface area contributed by atoms with E-state index in [9.17, 15) is 9.59 Å². The number of ether oxygens (including phenoxy) is 1. The van der Waals surface area contributed by atoms with Crippen LogP contribution >= 0.6 is 0 Å². The van der Waals surface area contributed by atoms with Gasteiger partial charge in [-0.25, -0.2) is 0 Å². The van der Waals surface area contributed by atoms with E-state index in [4.69, 9.17) is 4.74 Å². The van der Waals surface area contributed by atoms with Gasteiger partial charge >= 0.3 is 0 Å². The summed E-state index contributed by atoms with van der Waals surface area (Å²) >= 11 is 0. The minimum atomic E-state index is -0.492. The fourth-order valence-corrected chi connectivity index (χ4v) is 1.78. The lowest BCUT2D eigenvalue weighted by molar-refractivity contribution is -0.134. The number of amides is 2. The van der Waals surface area contributed by atoms with Gasteiger partial charge in [0.1, 0.15) is 5.75 Å². The van der Waals surface area contributed by atoms with Gasteiger partial charge in [-0.05, 0) is 24.6 Å². The summed E-state index contributed by atoms with van der Waals surface area (Å²) in [6.45, 7) is 8.53. The Balaban J connectivity index is 2.48. The first-order valence-electron chi connectivity index (χ1n) is 7.48. The Morgan fingerprint density at radius 2 is 1.77 bits per heavy atom. The van der Waals surface area contributed by atoms with Crippen molar-refractivity contribution in [3.63, 3.8) is 0 Å². The Kier molecular flexibility index (Phi) is 6.40. The number of carbonyl (C=O) groups is 2. The van der Waals surface area contributed by atoms with Gasteiger partial charge < -0.3 is 15.0 Å². The zero-order valence-corrected chi connectivity index (χ0v) is 14.1. The Labute approximate surface area is 132 Å². The Morgan fingerprint density at radius 3 is 2.27 bits per heavy atom. The van der Waals surface area contributed by atoms with Gasteiger partial charge in [0, 0.05) is 19.0 Å². The predicted molar refractivity (Wildman–Crippen MR) is 86.5 cm³/mol. The average molecular weight is 306 g/mol. The molecule has 0 aliphatic heterocycles. The number of hydrogen-bond acceptors (Lipinski definition) is 3. The van der Waals surface area contributed by atoms with Crippen LogP contribution in [0.15, 0.2) is 24.3 Å². The van der Waals surface area contributed by atoms with Crippen molar-refractivity contribution < 1.29 is 14.3 Å². The molecule has 0 saturated carbocycles. The largest absolute Gasteiger partial charge is 0.494 e.